The zero-order valence-electron chi connectivity index (χ0n) is 10.9. The summed E-state index contributed by atoms with van der Waals surface area (Å²) < 4.78 is 0. The third kappa shape index (κ3) is 3.44. The molecule has 1 nitrogen and oxygen atoms in total. The Morgan fingerprint density at radius 3 is 2.53 bits per heavy atom. The molecular weight excluding hydrogens is 206 g/mol. The van der Waals surface area contributed by atoms with Crippen LogP contribution in [0.4, 0.5) is 0 Å². The molecule has 1 aromatic carbocycles. The van der Waals surface area contributed by atoms with E-state index in [-0.39, 0.29) is 0 Å². The van der Waals surface area contributed by atoms with Gasteiger partial charge >= 0.3 is 0 Å². The molecule has 2 rings (SSSR count). The monoisotopic (exact) mass is 229 g/mol. The van der Waals surface area contributed by atoms with E-state index in [9.17, 15) is 0 Å². The summed E-state index contributed by atoms with van der Waals surface area (Å²) in [4.78, 5) is 0. The third-order valence-electron chi connectivity index (χ3n) is 3.51. The Balaban J connectivity index is 2.06. The Kier molecular flexibility index (Phi) is 4.01. The molecule has 0 heterocycles. The van der Waals surface area contributed by atoms with E-state index in [1.807, 2.05) is 6.08 Å². The maximum absolute atomic E-state index is 3.81. The Morgan fingerprint density at radius 1 is 1.35 bits per heavy atom. The summed E-state index contributed by atoms with van der Waals surface area (Å²) in [5.74, 6) is 0.838. The normalized spacial score (nSPS) is 18.7. The third-order valence-corrected chi connectivity index (χ3v) is 3.51. The van der Waals surface area contributed by atoms with Gasteiger partial charge in [-0.15, -0.1) is 6.58 Å². The first-order valence-corrected chi connectivity index (χ1v) is 6.64. The fourth-order valence-electron chi connectivity index (χ4n) is 2.33. The fraction of sp³-hybridized carbons (Fsp3) is 0.500. The molecule has 0 saturated heterocycles. The molecule has 17 heavy (non-hydrogen) atoms. The Hall–Kier alpha value is -1.08. The first-order valence-electron chi connectivity index (χ1n) is 6.64. The van der Waals surface area contributed by atoms with Gasteiger partial charge in [0.25, 0.3) is 0 Å². The molecule has 1 heteroatoms. The largest absolute Gasteiger partial charge is 0.307 e. The summed E-state index contributed by atoms with van der Waals surface area (Å²) in [6.45, 7) is 8.20. The molecule has 2 atom stereocenters. The standard InChI is InChI=1S/C16H23N/c1-4-5-13(3)17-16(15-10-11-15)14-8-6-12(2)7-9-14/h4,6-9,13,15-17H,1,5,10-11H2,2-3H3. The molecule has 2 unspecified atom stereocenters. The quantitative estimate of drug-likeness (QED) is 0.727. The summed E-state index contributed by atoms with van der Waals surface area (Å²) in [5.41, 5.74) is 2.77. The van der Waals surface area contributed by atoms with Gasteiger partial charge in [-0.05, 0) is 44.6 Å². The van der Waals surface area contributed by atoms with E-state index in [0.717, 1.165) is 12.3 Å². The van der Waals surface area contributed by atoms with Crippen molar-refractivity contribution in [2.45, 2.75) is 45.2 Å². The van der Waals surface area contributed by atoms with Gasteiger partial charge in [-0.3, -0.25) is 0 Å². The van der Waals surface area contributed by atoms with Gasteiger partial charge in [0, 0.05) is 12.1 Å². The van der Waals surface area contributed by atoms with E-state index >= 15 is 0 Å². The van der Waals surface area contributed by atoms with Crippen LogP contribution in [-0.2, 0) is 0 Å². The van der Waals surface area contributed by atoms with Gasteiger partial charge in [-0.25, -0.2) is 0 Å². The van der Waals surface area contributed by atoms with Crippen molar-refractivity contribution in [3.05, 3.63) is 48.0 Å². The van der Waals surface area contributed by atoms with Crippen molar-refractivity contribution in [3.8, 4) is 0 Å². The molecule has 0 aliphatic heterocycles. The number of rotatable bonds is 6. The minimum Gasteiger partial charge on any atom is -0.307 e. The zero-order valence-corrected chi connectivity index (χ0v) is 10.9. The van der Waals surface area contributed by atoms with Crippen LogP contribution in [0.25, 0.3) is 0 Å². The summed E-state index contributed by atoms with van der Waals surface area (Å²) >= 11 is 0. The van der Waals surface area contributed by atoms with Crippen LogP contribution in [0.3, 0.4) is 0 Å². The Bertz CT molecular complexity index is 362. The van der Waals surface area contributed by atoms with E-state index in [1.165, 1.54) is 24.0 Å². The molecule has 0 bridgehead atoms. The predicted octanol–water partition coefficient (Wildman–Crippen LogP) is 4.00. The second-order valence-corrected chi connectivity index (χ2v) is 5.32. The van der Waals surface area contributed by atoms with Gasteiger partial charge in [0.1, 0.15) is 0 Å². The first-order chi connectivity index (χ1) is 8.20. The molecule has 92 valence electrons. The number of nitrogens with one attached hydrogen (secondary N) is 1. The van der Waals surface area contributed by atoms with Crippen molar-refractivity contribution in [1.29, 1.82) is 0 Å². The lowest BCUT2D eigenvalue weighted by molar-refractivity contribution is 0.421. The highest BCUT2D eigenvalue weighted by Crippen LogP contribution is 2.41. The molecule has 1 aliphatic carbocycles. The van der Waals surface area contributed by atoms with Crippen LogP contribution in [0.5, 0.6) is 0 Å². The summed E-state index contributed by atoms with van der Waals surface area (Å²) in [5, 5.41) is 3.74. The molecule has 1 aliphatic rings. The molecule has 0 aromatic heterocycles. The second kappa shape index (κ2) is 5.50. The van der Waals surface area contributed by atoms with Crippen LogP contribution < -0.4 is 5.32 Å². The van der Waals surface area contributed by atoms with Gasteiger partial charge in [0.05, 0.1) is 0 Å². The molecule has 1 N–H and O–H groups in total. The minimum absolute atomic E-state index is 0.513. The fourth-order valence-corrected chi connectivity index (χ4v) is 2.33. The SMILES string of the molecule is C=CCC(C)NC(c1ccc(C)cc1)C1CC1. The van der Waals surface area contributed by atoms with Crippen molar-refractivity contribution in [2.24, 2.45) is 5.92 Å². The number of hydrogen-bond donors (Lipinski definition) is 1. The Labute approximate surface area is 105 Å². The van der Waals surface area contributed by atoms with Gasteiger partial charge < -0.3 is 5.32 Å². The number of aryl methyl sites for hydroxylation is 1. The van der Waals surface area contributed by atoms with Crippen LogP contribution in [0.2, 0.25) is 0 Å². The molecule has 0 amide bonds. The highest BCUT2D eigenvalue weighted by molar-refractivity contribution is 5.25. The van der Waals surface area contributed by atoms with E-state index in [1.54, 1.807) is 0 Å². The summed E-state index contributed by atoms with van der Waals surface area (Å²) in [6.07, 6.45) is 5.77. The molecule has 1 aromatic rings. The highest BCUT2D eigenvalue weighted by Gasteiger charge is 2.32. The van der Waals surface area contributed by atoms with E-state index in [4.69, 9.17) is 0 Å². The van der Waals surface area contributed by atoms with Gasteiger partial charge in [0.15, 0.2) is 0 Å². The van der Waals surface area contributed by atoms with Crippen molar-refractivity contribution < 1.29 is 0 Å². The smallest absolute Gasteiger partial charge is 0.0351 e. The average Bonchev–Trinajstić information content (AvgIpc) is 3.12. The van der Waals surface area contributed by atoms with Crippen molar-refractivity contribution in [1.82, 2.24) is 5.32 Å². The molecule has 0 radical (unpaired) electrons. The first kappa shape index (κ1) is 12.4. The average molecular weight is 229 g/mol. The van der Waals surface area contributed by atoms with Crippen LogP contribution >= 0.6 is 0 Å². The lowest BCUT2D eigenvalue weighted by Gasteiger charge is -2.23. The second-order valence-electron chi connectivity index (χ2n) is 5.32. The minimum atomic E-state index is 0.513. The molecular formula is C16H23N. The lowest BCUT2D eigenvalue weighted by Crippen LogP contribution is -2.31. The summed E-state index contributed by atoms with van der Waals surface area (Å²) in [6, 6.07) is 10.0. The van der Waals surface area contributed by atoms with Crippen LogP contribution in [-0.4, -0.2) is 6.04 Å². The van der Waals surface area contributed by atoms with E-state index in [2.05, 4.69) is 50.0 Å². The van der Waals surface area contributed by atoms with Gasteiger partial charge in [-0.2, -0.15) is 0 Å². The van der Waals surface area contributed by atoms with Crippen LogP contribution in [0.15, 0.2) is 36.9 Å². The maximum Gasteiger partial charge on any atom is 0.0351 e. The zero-order chi connectivity index (χ0) is 12.3. The molecule has 1 saturated carbocycles. The lowest BCUT2D eigenvalue weighted by atomic mass is 10.00. The highest BCUT2D eigenvalue weighted by atomic mass is 15.0. The van der Waals surface area contributed by atoms with Gasteiger partial charge in [0.2, 0.25) is 0 Å². The topological polar surface area (TPSA) is 12.0 Å². The van der Waals surface area contributed by atoms with Crippen LogP contribution in [0.1, 0.15) is 43.4 Å². The van der Waals surface area contributed by atoms with Crippen molar-refractivity contribution in [2.75, 3.05) is 0 Å². The molecule has 1 fully saturated rings. The van der Waals surface area contributed by atoms with Gasteiger partial charge in [-0.1, -0.05) is 35.9 Å². The van der Waals surface area contributed by atoms with E-state index in [0.29, 0.717) is 12.1 Å². The van der Waals surface area contributed by atoms with Crippen LogP contribution in [0, 0.1) is 12.8 Å². The molecule has 0 spiro atoms. The number of benzene rings is 1. The summed E-state index contributed by atoms with van der Waals surface area (Å²) in [7, 11) is 0. The van der Waals surface area contributed by atoms with E-state index < -0.39 is 0 Å². The van der Waals surface area contributed by atoms with Crippen molar-refractivity contribution in [3.63, 3.8) is 0 Å². The Morgan fingerprint density at radius 2 is 2.00 bits per heavy atom. The maximum atomic E-state index is 3.81. The predicted molar refractivity (Wildman–Crippen MR) is 74.1 cm³/mol. The number of hydrogen-bond acceptors (Lipinski definition) is 1. The van der Waals surface area contributed by atoms with Crippen molar-refractivity contribution >= 4 is 0 Å².